The number of halogens is 1. The third kappa shape index (κ3) is 3.87. The molecule has 4 nitrogen and oxygen atoms in total. The molecule has 0 atom stereocenters. The number of nitrogens with one attached hydrogen (secondary N) is 1. The minimum Gasteiger partial charge on any atom is -0.324 e. The molecule has 3 amide bonds. The van der Waals surface area contributed by atoms with Gasteiger partial charge in [-0.1, -0.05) is 26.7 Å². The van der Waals surface area contributed by atoms with Crippen LogP contribution in [0.4, 0.5) is 4.79 Å². The number of amides is 3. The van der Waals surface area contributed by atoms with Crippen LogP contribution in [0.25, 0.3) is 0 Å². The van der Waals surface area contributed by atoms with E-state index in [1.807, 2.05) is 0 Å². The van der Waals surface area contributed by atoms with Gasteiger partial charge in [0.2, 0.25) is 5.91 Å². The monoisotopic (exact) mass is 274 g/mol. The van der Waals surface area contributed by atoms with E-state index in [0.29, 0.717) is 5.41 Å². The molecule has 1 saturated heterocycles. The Hall–Kier alpha value is -0.770. The fraction of sp³-hybridized carbons (Fsp3) is 0.846. The summed E-state index contributed by atoms with van der Waals surface area (Å²) < 4.78 is 0. The van der Waals surface area contributed by atoms with Crippen LogP contribution in [0.3, 0.4) is 0 Å². The van der Waals surface area contributed by atoms with E-state index in [4.69, 9.17) is 11.6 Å². The second kappa shape index (κ2) is 6.98. The van der Waals surface area contributed by atoms with Gasteiger partial charge >= 0.3 is 6.03 Å². The second-order valence-corrected chi connectivity index (χ2v) is 5.36. The molecule has 1 fully saturated rings. The van der Waals surface area contributed by atoms with Gasteiger partial charge in [0, 0.05) is 25.4 Å². The van der Waals surface area contributed by atoms with Crippen LogP contribution in [0.15, 0.2) is 0 Å². The fourth-order valence-corrected chi connectivity index (χ4v) is 2.66. The van der Waals surface area contributed by atoms with Crippen molar-refractivity contribution in [2.75, 3.05) is 19.0 Å². The highest BCUT2D eigenvalue weighted by atomic mass is 35.5. The van der Waals surface area contributed by atoms with Crippen LogP contribution < -0.4 is 5.32 Å². The Morgan fingerprint density at radius 3 is 2.22 bits per heavy atom. The van der Waals surface area contributed by atoms with Crippen molar-refractivity contribution in [1.82, 2.24) is 10.2 Å². The first kappa shape index (κ1) is 15.3. The summed E-state index contributed by atoms with van der Waals surface area (Å²) in [5.74, 6) is -0.0497. The molecule has 1 aliphatic heterocycles. The number of carbonyl (C=O) groups excluding carboxylic acids is 2. The molecule has 18 heavy (non-hydrogen) atoms. The predicted octanol–water partition coefficient (Wildman–Crippen LogP) is 2.75. The molecule has 5 heteroatoms. The Morgan fingerprint density at radius 1 is 1.22 bits per heavy atom. The third-order valence-corrected chi connectivity index (χ3v) is 4.37. The van der Waals surface area contributed by atoms with Gasteiger partial charge in [0.15, 0.2) is 0 Å². The smallest absolute Gasteiger partial charge is 0.324 e. The Morgan fingerprint density at radius 2 is 1.78 bits per heavy atom. The van der Waals surface area contributed by atoms with Gasteiger partial charge in [-0.2, -0.15) is 0 Å². The van der Waals surface area contributed by atoms with E-state index < -0.39 is 0 Å². The van der Waals surface area contributed by atoms with E-state index in [2.05, 4.69) is 19.2 Å². The first-order valence-corrected chi connectivity index (χ1v) is 7.25. The van der Waals surface area contributed by atoms with Crippen LogP contribution in [0.2, 0.25) is 0 Å². The quantitative estimate of drug-likeness (QED) is 0.802. The fourth-order valence-electron chi connectivity index (χ4n) is 2.49. The number of hydrogen-bond acceptors (Lipinski definition) is 2. The summed E-state index contributed by atoms with van der Waals surface area (Å²) in [5, 5.41) is 2.38. The molecule has 0 spiro atoms. The van der Waals surface area contributed by atoms with Crippen molar-refractivity contribution < 1.29 is 9.59 Å². The number of urea groups is 1. The lowest BCUT2D eigenvalue weighted by Gasteiger charge is -2.40. The van der Waals surface area contributed by atoms with Crippen molar-refractivity contribution in [3.63, 3.8) is 0 Å². The maximum Gasteiger partial charge on any atom is 0.324 e. The minimum atomic E-state index is -0.294. The highest BCUT2D eigenvalue weighted by Crippen LogP contribution is 2.37. The number of carbonyl (C=O) groups is 2. The first-order valence-electron chi connectivity index (χ1n) is 6.71. The minimum absolute atomic E-state index is 0.189. The molecule has 1 N–H and O–H groups in total. The molecule has 0 aromatic carbocycles. The number of hydrogen-bond donors (Lipinski definition) is 1. The van der Waals surface area contributed by atoms with Crippen LogP contribution in [0.1, 0.15) is 46.0 Å². The zero-order valence-corrected chi connectivity index (χ0v) is 12.1. The SMILES string of the molecule is CCC1(CC)CCN(C(=O)NC(=O)CCCl)CC1. The Bertz CT molecular complexity index is 293. The van der Waals surface area contributed by atoms with Crippen LogP contribution in [-0.2, 0) is 4.79 Å². The molecular formula is C13H23ClN2O2. The van der Waals surface area contributed by atoms with E-state index in [1.54, 1.807) is 4.90 Å². The van der Waals surface area contributed by atoms with E-state index in [1.165, 1.54) is 0 Å². The summed E-state index contributed by atoms with van der Waals surface area (Å²) in [6.07, 6.45) is 4.55. The molecule has 0 aliphatic carbocycles. The molecule has 104 valence electrons. The maximum absolute atomic E-state index is 11.8. The average molecular weight is 275 g/mol. The Labute approximate surface area is 114 Å². The topological polar surface area (TPSA) is 49.4 Å². The number of nitrogens with zero attached hydrogens (tertiary/aromatic N) is 1. The highest BCUT2D eigenvalue weighted by Gasteiger charge is 2.33. The maximum atomic E-state index is 11.8. The van der Waals surface area contributed by atoms with Crippen molar-refractivity contribution in [3.8, 4) is 0 Å². The molecule has 1 aliphatic rings. The van der Waals surface area contributed by atoms with E-state index >= 15 is 0 Å². The number of alkyl halides is 1. The van der Waals surface area contributed by atoms with Crippen LogP contribution >= 0.6 is 11.6 Å². The van der Waals surface area contributed by atoms with Gasteiger partial charge in [-0.15, -0.1) is 11.6 Å². The Kier molecular flexibility index (Phi) is 5.93. The molecule has 0 saturated carbocycles. The third-order valence-electron chi connectivity index (χ3n) is 4.18. The van der Waals surface area contributed by atoms with E-state index in [9.17, 15) is 9.59 Å². The van der Waals surface area contributed by atoms with Crippen molar-refractivity contribution in [3.05, 3.63) is 0 Å². The van der Waals surface area contributed by atoms with E-state index in [0.717, 1.165) is 38.8 Å². The zero-order chi connectivity index (χ0) is 13.6. The van der Waals surface area contributed by atoms with Crippen LogP contribution in [-0.4, -0.2) is 35.8 Å². The van der Waals surface area contributed by atoms with Gasteiger partial charge in [-0.25, -0.2) is 4.79 Å². The molecule has 0 bridgehead atoms. The van der Waals surface area contributed by atoms with Gasteiger partial charge < -0.3 is 4.90 Å². The lowest BCUT2D eigenvalue weighted by Crippen LogP contribution is -2.48. The van der Waals surface area contributed by atoms with Gasteiger partial charge in [-0.3, -0.25) is 10.1 Å². The van der Waals surface area contributed by atoms with Crippen LogP contribution in [0, 0.1) is 5.41 Å². The van der Waals surface area contributed by atoms with Crippen molar-refractivity contribution in [2.24, 2.45) is 5.41 Å². The molecule has 0 unspecified atom stereocenters. The summed E-state index contributed by atoms with van der Waals surface area (Å²) >= 11 is 5.45. The predicted molar refractivity (Wildman–Crippen MR) is 72.7 cm³/mol. The summed E-state index contributed by atoms with van der Waals surface area (Å²) in [5.41, 5.74) is 0.386. The molecule has 0 aromatic heterocycles. The van der Waals surface area contributed by atoms with Crippen molar-refractivity contribution in [2.45, 2.75) is 46.0 Å². The van der Waals surface area contributed by atoms with E-state index in [-0.39, 0.29) is 24.2 Å². The van der Waals surface area contributed by atoms with Gasteiger partial charge in [0.25, 0.3) is 0 Å². The summed E-state index contributed by atoms with van der Waals surface area (Å²) in [7, 11) is 0. The lowest BCUT2D eigenvalue weighted by molar-refractivity contribution is -0.119. The first-order chi connectivity index (χ1) is 8.56. The second-order valence-electron chi connectivity index (χ2n) is 4.99. The van der Waals surface area contributed by atoms with Gasteiger partial charge in [0.1, 0.15) is 0 Å². The number of imide groups is 1. The van der Waals surface area contributed by atoms with Crippen LogP contribution in [0.5, 0.6) is 0 Å². The molecule has 1 heterocycles. The lowest BCUT2D eigenvalue weighted by atomic mass is 9.74. The van der Waals surface area contributed by atoms with Crippen molar-refractivity contribution in [1.29, 1.82) is 0 Å². The summed E-state index contributed by atoms with van der Waals surface area (Å²) in [4.78, 5) is 24.8. The Balaban J connectivity index is 2.43. The largest absolute Gasteiger partial charge is 0.324 e. The normalized spacial score (nSPS) is 18.5. The van der Waals surface area contributed by atoms with Crippen molar-refractivity contribution >= 4 is 23.5 Å². The summed E-state index contributed by atoms with van der Waals surface area (Å²) in [6, 6.07) is -0.272. The van der Waals surface area contributed by atoms with Gasteiger partial charge in [-0.05, 0) is 18.3 Å². The number of rotatable bonds is 4. The zero-order valence-electron chi connectivity index (χ0n) is 11.3. The number of piperidine rings is 1. The summed E-state index contributed by atoms with van der Waals surface area (Å²) in [6.45, 7) is 5.90. The van der Waals surface area contributed by atoms with Gasteiger partial charge in [0.05, 0.1) is 0 Å². The number of likely N-dealkylation sites (tertiary alicyclic amines) is 1. The molecule has 0 radical (unpaired) electrons. The molecular weight excluding hydrogens is 252 g/mol. The molecule has 1 rings (SSSR count). The highest BCUT2D eigenvalue weighted by molar-refractivity contribution is 6.19. The average Bonchev–Trinajstić information content (AvgIpc) is 2.39. The molecule has 0 aromatic rings. The standard InChI is InChI=1S/C13H23ClN2O2/c1-3-13(4-2)6-9-16(10-7-13)12(18)15-11(17)5-8-14/h3-10H2,1-2H3,(H,15,17,18).